The average Bonchev–Trinajstić information content (AvgIpc) is 2.98. The van der Waals surface area contributed by atoms with E-state index in [1.165, 1.54) is 0 Å². The standard InChI is InChI=1S/C19H16O4/c1-3-22-19(21)18-11-16-10-15(8-9-17(16)23-18)14-6-4-13(5-7-14)12(2)20/h4-11H,3H2,1-2H3. The second kappa shape index (κ2) is 6.08. The number of Topliss-reactive ketones (excluding diaryl/α,β-unsaturated/α-hetero) is 1. The van der Waals surface area contributed by atoms with Crippen LogP contribution in [0.3, 0.4) is 0 Å². The highest BCUT2D eigenvalue weighted by Crippen LogP contribution is 2.27. The van der Waals surface area contributed by atoms with E-state index in [0.29, 0.717) is 17.8 Å². The number of hydrogen-bond donors (Lipinski definition) is 0. The third kappa shape index (κ3) is 3.01. The van der Waals surface area contributed by atoms with Gasteiger partial charge in [0.05, 0.1) is 6.61 Å². The summed E-state index contributed by atoms with van der Waals surface area (Å²) in [5, 5.41) is 0.834. The van der Waals surface area contributed by atoms with E-state index in [1.54, 1.807) is 32.0 Å². The molecule has 0 fully saturated rings. The predicted octanol–water partition coefficient (Wildman–Crippen LogP) is 4.48. The number of carbonyl (C=O) groups excluding carboxylic acids is 2. The van der Waals surface area contributed by atoms with Crippen molar-refractivity contribution < 1.29 is 18.7 Å². The molecule has 0 saturated heterocycles. The van der Waals surface area contributed by atoms with Gasteiger partial charge in [-0.25, -0.2) is 4.79 Å². The number of ketones is 1. The zero-order valence-electron chi connectivity index (χ0n) is 13.0. The van der Waals surface area contributed by atoms with Crippen molar-refractivity contribution in [2.24, 2.45) is 0 Å². The molecule has 4 heteroatoms. The number of furan rings is 1. The van der Waals surface area contributed by atoms with Crippen LogP contribution in [0.2, 0.25) is 0 Å². The second-order valence-electron chi connectivity index (χ2n) is 5.22. The lowest BCUT2D eigenvalue weighted by Gasteiger charge is -2.02. The Balaban J connectivity index is 1.96. The van der Waals surface area contributed by atoms with E-state index in [-0.39, 0.29) is 11.5 Å². The maximum Gasteiger partial charge on any atom is 0.374 e. The molecule has 2 aromatic carbocycles. The van der Waals surface area contributed by atoms with E-state index in [2.05, 4.69) is 0 Å². The van der Waals surface area contributed by atoms with Crippen molar-refractivity contribution in [2.45, 2.75) is 13.8 Å². The molecule has 116 valence electrons. The molecule has 1 aromatic heterocycles. The zero-order valence-corrected chi connectivity index (χ0v) is 13.0. The first-order valence-electron chi connectivity index (χ1n) is 7.40. The van der Waals surface area contributed by atoms with E-state index in [4.69, 9.17) is 9.15 Å². The molecule has 0 amide bonds. The lowest BCUT2D eigenvalue weighted by Crippen LogP contribution is -2.02. The highest BCUT2D eigenvalue weighted by atomic mass is 16.5. The van der Waals surface area contributed by atoms with Crippen molar-refractivity contribution in [1.29, 1.82) is 0 Å². The van der Waals surface area contributed by atoms with Crippen LogP contribution in [0.5, 0.6) is 0 Å². The monoisotopic (exact) mass is 308 g/mol. The van der Waals surface area contributed by atoms with E-state index in [9.17, 15) is 9.59 Å². The highest BCUT2D eigenvalue weighted by Gasteiger charge is 2.13. The predicted molar refractivity (Wildman–Crippen MR) is 87.6 cm³/mol. The SMILES string of the molecule is CCOC(=O)c1cc2cc(-c3ccc(C(C)=O)cc3)ccc2o1. The maximum atomic E-state index is 11.7. The molecule has 0 aliphatic heterocycles. The molecular formula is C19H16O4. The quantitative estimate of drug-likeness (QED) is 0.527. The Kier molecular flexibility index (Phi) is 3.98. The van der Waals surface area contributed by atoms with Gasteiger partial charge in [0, 0.05) is 10.9 Å². The molecule has 0 aliphatic rings. The topological polar surface area (TPSA) is 56.5 Å². The Morgan fingerprint density at radius 1 is 1.00 bits per heavy atom. The van der Waals surface area contributed by atoms with Crippen molar-refractivity contribution in [3.05, 3.63) is 59.9 Å². The van der Waals surface area contributed by atoms with Crippen LogP contribution in [0.4, 0.5) is 0 Å². The van der Waals surface area contributed by atoms with Crippen LogP contribution in [-0.2, 0) is 4.74 Å². The number of esters is 1. The summed E-state index contributed by atoms with van der Waals surface area (Å²) >= 11 is 0. The molecule has 1 heterocycles. The molecule has 3 rings (SSSR count). The molecule has 0 N–H and O–H groups in total. The van der Waals surface area contributed by atoms with Gasteiger partial charge in [-0.3, -0.25) is 4.79 Å². The van der Waals surface area contributed by atoms with E-state index in [1.807, 2.05) is 30.3 Å². The number of carbonyl (C=O) groups is 2. The molecular weight excluding hydrogens is 292 g/mol. The summed E-state index contributed by atoms with van der Waals surface area (Å²) in [5.41, 5.74) is 3.31. The van der Waals surface area contributed by atoms with Crippen molar-refractivity contribution in [1.82, 2.24) is 0 Å². The summed E-state index contributed by atoms with van der Waals surface area (Å²) in [5.74, 6) is -0.220. The van der Waals surface area contributed by atoms with Gasteiger partial charge in [-0.05, 0) is 43.2 Å². The summed E-state index contributed by atoms with van der Waals surface area (Å²) in [6, 6.07) is 14.8. The van der Waals surface area contributed by atoms with Gasteiger partial charge in [0.15, 0.2) is 5.78 Å². The Morgan fingerprint density at radius 3 is 2.35 bits per heavy atom. The fourth-order valence-corrected chi connectivity index (χ4v) is 2.42. The molecule has 23 heavy (non-hydrogen) atoms. The van der Waals surface area contributed by atoms with Crippen LogP contribution in [0.25, 0.3) is 22.1 Å². The van der Waals surface area contributed by atoms with Crippen molar-refractivity contribution in [2.75, 3.05) is 6.61 Å². The third-order valence-electron chi connectivity index (χ3n) is 3.62. The van der Waals surface area contributed by atoms with Crippen LogP contribution in [-0.4, -0.2) is 18.4 Å². The molecule has 0 saturated carbocycles. The zero-order chi connectivity index (χ0) is 16.4. The molecule has 0 aliphatic carbocycles. The first kappa shape index (κ1) is 15.0. The first-order valence-corrected chi connectivity index (χ1v) is 7.40. The van der Waals surface area contributed by atoms with Crippen LogP contribution in [0, 0.1) is 0 Å². The number of benzene rings is 2. The van der Waals surface area contributed by atoms with Crippen LogP contribution < -0.4 is 0 Å². The van der Waals surface area contributed by atoms with Crippen molar-refractivity contribution in [3.63, 3.8) is 0 Å². The molecule has 4 nitrogen and oxygen atoms in total. The first-order chi connectivity index (χ1) is 11.1. The van der Waals surface area contributed by atoms with Gasteiger partial charge in [-0.2, -0.15) is 0 Å². The van der Waals surface area contributed by atoms with Gasteiger partial charge in [-0.15, -0.1) is 0 Å². The van der Waals surface area contributed by atoms with Gasteiger partial charge in [-0.1, -0.05) is 30.3 Å². The summed E-state index contributed by atoms with van der Waals surface area (Å²) < 4.78 is 10.4. The van der Waals surface area contributed by atoms with Gasteiger partial charge in [0.1, 0.15) is 5.58 Å². The minimum absolute atomic E-state index is 0.0425. The average molecular weight is 308 g/mol. The second-order valence-corrected chi connectivity index (χ2v) is 5.22. The van der Waals surface area contributed by atoms with Crippen molar-refractivity contribution >= 4 is 22.7 Å². The summed E-state index contributed by atoms with van der Waals surface area (Å²) in [6.45, 7) is 3.61. The maximum absolute atomic E-state index is 11.7. The molecule has 0 spiro atoms. The summed E-state index contributed by atoms with van der Waals surface area (Å²) in [4.78, 5) is 23.1. The number of rotatable bonds is 4. The van der Waals surface area contributed by atoms with Gasteiger partial charge >= 0.3 is 5.97 Å². The minimum atomic E-state index is -0.462. The van der Waals surface area contributed by atoms with Gasteiger partial charge in [0.2, 0.25) is 5.76 Å². The molecule has 0 radical (unpaired) electrons. The number of hydrogen-bond acceptors (Lipinski definition) is 4. The molecule has 0 atom stereocenters. The van der Waals surface area contributed by atoms with Crippen LogP contribution >= 0.6 is 0 Å². The molecule has 0 unspecified atom stereocenters. The minimum Gasteiger partial charge on any atom is -0.460 e. The number of ether oxygens (including phenoxy) is 1. The lowest BCUT2D eigenvalue weighted by molar-refractivity contribution is 0.0492. The number of fused-ring (bicyclic) bond motifs is 1. The summed E-state index contributed by atoms with van der Waals surface area (Å²) in [7, 11) is 0. The fourth-order valence-electron chi connectivity index (χ4n) is 2.42. The largest absolute Gasteiger partial charge is 0.460 e. The van der Waals surface area contributed by atoms with Gasteiger partial charge < -0.3 is 9.15 Å². The van der Waals surface area contributed by atoms with Crippen molar-refractivity contribution in [3.8, 4) is 11.1 Å². The Bertz CT molecular complexity index is 872. The Morgan fingerprint density at radius 2 is 1.70 bits per heavy atom. The van der Waals surface area contributed by atoms with Gasteiger partial charge in [0.25, 0.3) is 0 Å². The van der Waals surface area contributed by atoms with Crippen LogP contribution in [0.1, 0.15) is 34.8 Å². The van der Waals surface area contributed by atoms with E-state index >= 15 is 0 Å². The smallest absolute Gasteiger partial charge is 0.374 e. The molecule has 0 bridgehead atoms. The highest BCUT2D eigenvalue weighted by molar-refractivity contribution is 5.95. The lowest BCUT2D eigenvalue weighted by atomic mass is 10.0. The third-order valence-corrected chi connectivity index (χ3v) is 3.62. The Hall–Kier alpha value is -2.88. The van der Waals surface area contributed by atoms with E-state index < -0.39 is 5.97 Å². The normalized spacial score (nSPS) is 10.7. The van der Waals surface area contributed by atoms with E-state index in [0.717, 1.165) is 16.5 Å². The fraction of sp³-hybridized carbons (Fsp3) is 0.158. The van der Waals surface area contributed by atoms with Crippen LogP contribution in [0.15, 0.2) is 52.9 Å². The summed E-state index contributed by atoms with van der Waals surface area (Å²) in [6.07, 6.45) is 0. The molecule has 3 aromatic rings. The Labute approximate surface area is 133 Å².